The molecule has 2 amide bonds. The number of carboxylic acid groups (broad SMARTS) is 1. The van der Waals surface area contributed by atoms with E-state index in [1.807, 2.05) is 11.8 Å². The van der Waals surface area contributed by atoms with Crippen LogP contribution in [0.4, 0.5) is 0 Å². The van der Waals surface area contributed by atoms with Gasteiger partial charge < -0.3 is 20.2 Å². The van der Waals surface area contributed by atoms with Crippen molar-refractivity contribution in [2.75, 3.05) is 13.1 Å². The molecule has 1 saturated carbocycles. The second-order valence-corrected chi connectivity index (χ2v) is 5.96. The molecule has 1 aromatic heterocycles. The number of hydrogen-bond acceptors (Lipinski definition) is 5. The van der Waals surface area contributed by atoms with Gasteiger partial charge in [0.25, 0.3) is 5.91 Å². The fraction of sp³-hybridized carbons (Fsp3) is 0.562. The van der Waals surface area contributed by atoms with E-state index < -0.39 is 17.9 Å². The first-order valence-electron chi connectivity index (χ1n) is 8.01. The number of hydrogen-bond donors (Lipinski definition) is 3. The quantitative estimate of drug-likeness (QED) is 0.635. The van der Waals surface area contributed by atoms with Gasteiger partial charge >= 0.3 is 5.97 Å². The van der Waals surface area contributed by atoms with Gasteiger partial charge in [0.2, 0.25) is 5.91 Å². The molecule has 3 N–H and O–H groups in total. The minimum Gasteiger partial charge on any atom is -0.480 e. The van der Waals surface area contributed by atoms with Crippen molar-refractivity contribution in [2.45, 2.75) is 44.8 Å². The summed E-state index contributed by atoms with van der Waals surface area (Å²) < 4.78 is 4.98. The molecule has 8 heteroatoms. The average Bonchev–Trinajstić information content (AvgIpc) is 3.02. The first kappa shape index (κ1) is 18.0. The topological polar surface area (TPSA) is 112 Å². The monoisotopic (exact) mass is 337 g/mol. The molecule has 0 spiro atoms. The van der Waals surface area contributed by atoms with Crippen LogP contribution in [0.3, 0.4) is 0 Å². The normalized spacial score (nSPS) is 21.0. The summed E-state index contributed by atoms with van der Waals surface area (Å²) in [6.45, 7) is 4.20. The minimum atomic E-state index is -0.849. The van der Waals surface area contributed by atoms with Crippen molar-refractivity contribution >= 4 is 17.8 Å². The molecule has 1 aliphatic carbocycles. The fourth-order valence-corrected chi connectivity index (χ4v) is 2.74. The molecule has 1 aliphatic rings. The lowest BCUT2D eigenvalue weighted by molar-refractivity contribution is -0.139. The van der Waals surface area contributed by atoms with Crippen molar-refractivity contribution in [1.82, 2.24) is 15.5 Å². The van der Waals surface area contributed by atoms with Crippen LogP contribution in [-0.4, -0.2) is 59.0 Å². The highest BCUT2D eigenvalue weighted by Gasteiger charge is 2.35. The van der Waals surface area contributed by atoms with Crippen molar-refractivity contribution in [1.29, 1.82) is 0 Å². The zero-order valence-electron chi connectivity index (χ0n) is 13.8. The highest BCUT2D eigenvalue weighted by molar-refractivity contribution is 5.95. The van der Waals surface area contributed by atoms with Gasteiger partial charge in [0, 0.05) is 12.1 Å². The van der Waals surface area contributed by atoms with E-state index in [2.05, 4.69) is 10.6 Å². The molecule has 0 radical (unpaired) electrons. The van der Waals surface area contributed by atoms with Gasteiger partial charge in [0.1, 0.15) is 6.04 Å². The summed E-state index contributed by atoms with van der Waals surface area (Å²) in [5.41, 5.74) is 0. The summed E-state index contributed by atoms with van der Waals surface area (Å²) in [4.78, 5) is 36.6. The van der Waals surface area contributed by atoms with E-state index >= 15 is 0 Å². The van der Waals surface area contributed by atoms with Crippen molar-refractivity contribution in [3.8, 4) is 0 Å². The Bertz CT molecular complexity index is 581. The van der Waals surface area contributed by atoms with Gasteiger partial charge in [-0.15, -0.1) is 0 Å². The SMILES string of the molecule is CCN(CC(=O)O)C1CC(NC(=O)C(C)NC(=O)c2ccco2)C1. The summed E-state index contributed by atoms with van der Waals surface area (Å²) >= 11 is 0. The van der Waals surface area contributed by atoms with Gasteiger partial charge in [-0.25, -0.2) is 0 Å². The van der Waals surface area contributed by atoms with Crippen molar-refractivity contribution in [2.24, 2.45) is 0 Å². The molecule has 1 atom stereocenters. The Kier molecular flexibility index (Phi) is 5.97. The Morgan fingerprint density at radius 3 is 2.67 bits per heavy atom. The minimum absolute atomic E-state index is 0.00769. The molecule has 0 aliphatic heterocycles. The van der Waals surface area contributed by atoms with Gasteiger partial charge in [0.15, 0.2) is 5.76 Å². The van der Waals surface area contributed by atoms with Crippen molar-refractivity contribution in [3.05, 3.63) is 24.2 Å². The average molecular weight is 337 g/mol. The number of carbonyl (C=O) groups is 3. The molecule has 1 heterocycles. The molecular formula is C16H23N3O5. The lowest BCUT2D eigenvalue weighted by atomic mass is 9.85. The predicted molar refractivity (Wildman–Crippen MR) is 85.5 cm³/mol. The van der Waals surface area contributed by atoms with Crippen molar-refractivity contribution in [3.63, 3.8) is 0 Å². The third kappa shape index (κ3) is 4.58. The molecule has 0 bridgehead atoms. The number of nitrogens with one attached hydrogen (secondary N) is 2. The molecule has 8 nitrogen and oxygen atoms in total. The van der Waals surface area contributed by atoms with Crippen LogP contribution in [0.2, 0.25) is 0 Å². The second-order valence-electron chi connectivity index (χ2n) is 5.96. The summed E-state index contributed by atoms with van der Waals surface area (Å²) in [5.74, 6) is -1.39. The Labute approximate surface area is 140 Å². The van der Waals surface area contributed by atoms with E-state index in [4.69, 9.17) is 9.52 Å². The maximum atomic E-state index is 12.1. The van der Waals surface area contributed by atoms with E-state index in [1.165, 1.54) is 12.3 Å². The number of carboxylic acids is 1. The molecule has 1 aromatic rings. The third-order valence-corrected chi connectivity index (χ3v) is 4.21. The van der Waals surface area contributed by atoms with Gasteiger partial charge in [-0.3, -0.25) is 19.3 Å². The second kappa shape index (κ2) is 7.96. The number of aliphatic carboxylic acids is 1. The van der Waals surface area contributed by atoms with E-state index in [-0.39, 0.29) is 30.3 Å². The van der Waals surface area contributed by atoms with Gasteiger partial charge in [-0.1, -0.05) is 6.92 Å². The van der Waals surface area contributed by atoms with E-state index in [0.29, 0.717) is 19.4 Å². The number of furan rings is 1. The Morgan fingerprint density at radius 1 is 1.42 bits per heavy atom. The highest BCUT2D eigenvalue weighted by atomic mass is 16.4. The number of nitrogens with zero attached hydrogens (tertiary/aromatic N) is 1. The van der Waals surface area contributed by atoms with Crippen molar-refractivity contribution < 1.29 is 23.9 Å². The first-order valence-corrected chi connectivity index (χ1v) is 8.01. The molecule has 1 unspecified atom stereocenters. The summed E-state index contributed by atoms with van der Waals surface area (Å²) in [6, 6.07) is 2.63. The maximum Gasteiger partial charge on any atom is 0.317 e. The van der Waals surface area contributed by atoms with E-state index in [0.717, 1.165) is 0 Å². The van der Waals surface area contributed by atoms with E-state index in [1.54, 1.807) is 13.0 Å². The zero-order chi connectivity index (χ0) is 17.7. The summed E-state index contributed by atoms with van der Waals surface area (Å²) in [7, 11) is 0. The predicted octanol–water partition coefficient (Wildman–Crippen LogP) is 0.452. The molecule has 132 valence electrons. The zero-order valence-corrected chi connectivity index (χ0v) is 13.8. The van der Waals surface area contributed by atoms with Crippen LogP contribution in [0.1, 0.15) is 37.2 Å². The third-order valence-electron chi connectivity index (χ3n) is 4.21. The first-order chi connectivity index (χ1) is 11.4. The molecule has 0 saturated heterocycles. The Balaban J connectivity index is 1.73. The Hall–Kier alpha value is -2.35. The highest BCUT2D eigenvalue weighted by Crippen LogP contribution is 2.25. The largest absolute Gasteiger partial charge is 0.480 e. The summed E-state index contributed by atoms with van der Waals surface area (Å²) in [6.07, 6.45) is 2.82. The number of carbonyl (C=O) groups excluding carboxylic acids is 2. The van der Waals surface area contributed by atoms with Crippen LogP contribution in [0.25, 0.3) is 0 Å². The van der Waals surface area contributed by atoms with Crippen LogP contribution in [0, 0.1) is 0 Å². The van der Waals surface area contributed by atoms with Crippen LogP contribution >= 0.6 is 0 Å². The van der Waals surface area contributed by atoms with Crippen LogP contribution < -0.4 is 10.6 Å². The van der Waals surface area contributed by atoms with Crippen LogP contribution in [0.5, 0.6) is 0 Å². The standard InChI is InChI=1S/C16H23N3O5/c1-3-19(9-14(20)21)12-7-11(8-12)18-15(22)10(2)17-16(23)13-5-4-6-24-13/h4-6,10-12H,3,7-9H2,1-2H3,(H,17,23)(H,18,22)(H,20,21). The molecule has 0 aromatic carbocycles. The number of amides is 2. The fourth-order valence-electron chi connectivity index (χ4n) is 2.74. The lowest BCUT2D eigenvalue weighted by Gasteiger charge is -2.42. The number of likely N-dealkylation sites (N-methyl/N-ethyl adjacent to an activating group) is 1. The molecule has 2 rings (SSSR count). The molecule has 24 heavy (non-hydrogen) atoms. The van der Waals surface area contributed by atoms with Gasteiger partial charge in [-0.2, -0.15) is 0 Å². The maximum absolute atomic E-state index is 12.1. The molecule has 1 fully saturated rings. The number of rotatable bonds is 8. The van der Waals surface area contributed by atoms with Gasteiger partial charge in [0.05, 0.1) is 12.8 Å². The lowest BCUT2D eigenvalue weighted by Crippen LogP contribution is -2.57. The summed E-state index contributed by atoms with van der Waals surface area (Å²) in [5, 5.41) is 14.3. The smallest absolute Gasteiger partial charge is 0.317 e. The molecular weight excluding hydrogens is 314 g/mol. The van der Waals surface area contributed by atoms with Gasteiger partial charge in [-0.05, 0) is 38.4 Å². The van der Waals surface area contributed by atoms with E-state index in [9.17, 15) is 14.4 Å². The Morgan fingerprint density at radius 2 is 2.12 bits per heavy atom. The van der Waals surface area contributed by atoms with Crippen LogP contribution in [0.15, 0.2) is 22.8 Å². The van der Waals surface area contributed by atoms with Crippen LogP contribution in [-0.2, 0) is 9.59 Å².